The second-order valence-corrected chi connectivity index (χ2v) is 9.69. The molecule has 0 N–H and O–H groups in total. The van der Waals surface area contributed by atoms with Crippen molar-refractivity contribution in [3.8, 4) is 28.3 Å². The van der Waals surface area contributed by atoms with Crippen molar-refractivity contribution in [2.24, 2.45) is 0 Å². The van der Waals surface area contributed by atoms with Gasteiger partial charge in [-0.2, -0.15) is 0 Å². The van der Waals surface area contributed by atoms with Crippen LogP contribution in [0.25, 0.3) is 39.5 Å². The molecule has 0 saturated heterocycles. The standard InChI is InChI=1S/C22H20N3.C11H8N.Ir/c1-22(2,3)17-14-19-21(23-15-17)25(18-12-8-5-9-13-18)20(24-19)16-10-6-4-7-11-16;1-2-6-10(7-3-1)11-8-4-5-9-12-11;/h4-10,12-15H,1-3H3;1-6,8-9H;/q2*-1;. The van der Waals surface area contributed by atoms with Gasteiger partial charge in [-0.25, -0.2) is 4.98 Å². The molecular formula is C33H28IrN4-2. The zero-order valence-electron chi connectivity index (χ0n) is 21.6. The predicted molar refractivity (Wildman–Crippen MR) is 150 cm³/mol. The Balaban J connectivity index is 0.000000218. The Kier molecular flexibility index (Phi) is 8.62. The molecule has 0 aliphatic rings. The van der Waals surface area contributed by atoms with E-state index in [1.165, 1.54) is 5.56 Å². The van der Waals surface area contributed by atoms with Crippen LogP contribution >= 0.6 is 0 Å². The largest absolute Gasteiger partial charge is 0.318 e. The first-order chi connectivity index (χ1) is 18.0. The number of para-hydroxylation sites is 1. The average molecular weight is 673 g/mol. The molecule has 3 aromatic carbocycles. The molecule has 0 amide bonds. The molecule has 0 aliphatic carbocycles. The third-order valence-corrected chi connectivity index (χ3v) is 5.98. The van der Waals surface area contributed by atoms with Crippen LogP contribution in [0.2, 0.25) is 0 Å². The van der Waals surface area contributed by atoms with Crippen molar-refractivity contribution in [3.63, 3.8) is 0 Å². The molecule has 38 heavy (non-hydrogen) atoms. The van der Waals surface area contributed by atoms with E-state index in [0.29, 0.717) is 0 Å². The van der Waals surface area contributed by atoms with Crippen molar-refractivity contribution in [1.29, 1.82) is 0 Å². The van der Waals surface area contributed by atoms with E-state index in [9.17, 15) is 0 Å². The second-order valence-electron chi connectivity index (χ2n) is 9.69. The minimum Gasteiger partial charge on any atom is -0.318 e. The molecule has 6 aromatic rings. The third kappa shape index (κ3) is 6.13. The van der Waals surface area contributed by atoms with Gasteiger partial charge in [0.05, 0.1) is 11.3 Å². The maximum absolute atomic E-state index is 4.90. The van der Waals surface area contributed by atoms with E-state index in [0.717, 1.165) is 39.5 Å². The van der Waals surface area contributed by atoms with E-state index in [2.05, 4.69) is 60.7 Å². The minimum absolute atomic E-state index is 0. The van der Waals surface area contributed by atoms with Crippen LogP contribution < -0.4 is 0 Å². The van der Waals surface area contributed by atoms with Crippen LogP contribution in [0.5, 0.6) is 0 Å². The first-order valence-electron chi connectivity index (χ1n) is 12.3. The molecule has 3 heterocycles. The van der Waals surface area contributed by atoms with Crippen LogP contribution in [-0.2, 0) is 25.5 Å². The van der Waals surface area contributed by atoms with E-state index >= 15 is 0 Å². The van der Waals surface area contributed by atoms with Gasteiger partial charge in [0.2, 0.25) is 0 Å². The molecule has 1 radical (unpaired) electrons. The Hall–Kier alpha value is -3.92. The van der Waals surface area contributed by atoms with Crippen LogP contribution in [0.3, 0.4) is 0 Å². The monoisotopic (exact) mass is 673 g/mol. The molecule has 0 aliphatic heterocycles. The summed E-state index contributed by atoms with van der Waals surface area (Å²) in [6.45, 7) is 6.57. The number of imidazole rings is 1. The summed E-state index contributed by atoms with van der Waals surface area (Å²) in [4.78, 5) is 13.9. The fraction of sp³-hybridized carbons (Fsp3) is 0.121. The van der Waals surface area contributed by atoms with E-state index in [1.807, 2.05) is 91.1 Å². The Bertz CT molecular complexity index is 1540. The van der Waals surface area contributed by atoms with Gasteiger partial charge >= 0.3 is 0 Å². The zero-order valence-corrected chi connectivity index (χ0v) is 24.0. The van der Waals surface area contributed by atoms with Gasteiger partial charge in [0.1, 0.15) is 0 Å². The van der Waals surface area contributed by atoms with Crippen LogP contribution in [0.1, 0.15) is 26.3 Å². The Morgan fingerprint density at radius 1 is 0.711 bits per heavy atom. The Morgan fingerprint density at radius 2 is 1.37 bits per heavy atom. The normalized spacial score (nSPS) is 10.8. The summed E-state index contributed by atoms with van der Waals surface area (Å²) in [6, 6.07) is 40.4. The maximum atomic E-state index is 4.90. The van der Waals surface area contributed by atoms with Crippen LogP contribution in [0.4, 0.5) is 0 Å². The molecule has 3 aromatic heterocycles. The van der Waals surface area contributed by atoms with Gasteiger partial charge in [-0.3, -0.25) is 4.98 Å². The molecule has 191 valence electrons. The Labute approximate surface area is 237 Å². The third-order valence-electron chi connectivity index (χ3n) is 5.98. The summed E-state index contributed by atoms with van der Waals surface area (Å²) in [7, 11) is 0. The number of benzene rings is 3. The van der Waals surface area contributed by atoms with Crippen LogP contribution in [0, 0.1) is 12.1 Å². The molecular weight excluding hydrogens is 645 g/mol. The van der Waals surface area contributed by atoms with Gasteiger partial charge < -0.3 is 9.55 Å². The molecule has 0 spiro atoms. The first kappa shape index (κ1) is 27.1. The fourth-order valence-electron chi connectivity index (χ4n) is 3.98. The van der Waals surface area contributed by atoms with Gasteiger partial charge in [-0.05, 0) is 40.9 Å². The van der Waals surface area contributed by atoms with E-state index < -0.39 is 0 Å². The predicted octanol–water partition coefficient (Wildman–Crippen LogP) is 7.73. The first-order valence-corrected chi connectivity index (χ1v) is 12.3. The second kappa shape index (κ2) is 12.1. The maximum Gasteiger partial charge on any atom is 0.155 e. The number of fused-ring (bicyclic) bond motifs is 1. The number of pyridine rings is 2. The molecule has 6 rings (SSSR count). The molecule has 0 fully saturated rings. The summed E-state index contributed by atoms with van der Waals surface area (Å²) < 4.78 is 2.10. The fourth-order valence-corrected chi connectivity index (χ4v) is 3.98. The van der Waals surface area contributed by atoms with Crippen molar-refractivity contribution < 1.29 is 20.1 Å². The molecule has 0 unspecified atom stereocenters. The average Bonchev–Trinajstić information content (AvgIpc) is 3.34. The van der Waals surface area contributed by atoms with E-state index in [1.54, 1.807) is 6.20 Å². The smallest absolute Gasteiger partial charge is 0.155 e. The van der Waals surface area contributed by atoms with Gasteiger partial charge in [-0.15, -0.1) is 71.8 Å². The summed E-state index contributed by atoms with van der Waals surface area (Å²) >= 11 is 0. The molecule has 0 saturated carbocycles. The topological polar surface area (TPSA) is 43.6 Å². The summed E-state index contributed by atoms with van der Waals surface area (Å²) in [5.41, 5.74) is 7.01. The molecule has 0 bridgehead atoms. The molecule has 5 heteroatoms. The molecule has 0 atom stereocenters. The number of hydrogen-bond acceptors (Lipinski definition) is 3. The van der Waals surface area contributed by atoms with Crippen molar-refractivity contribution in [1.82, 2.24) is 19.5 Å². The zero-order chi connectivity index (χ0) is 25.7. The van der Waals surface area contributed by atoms with Crippen molar-refractivity contribution in [2.75, 3.05) is 0 Å². The van der Waals surface area contributed by atoms with Crippen LogP contribution in [-0.4, -0.2) is 19.5 Å². The number of rotatable bonds is 3. The summed E-state index contributed by atoms with van der Waals surface area (Å²) in [5, 5.41) is 0. The van der Waals surface area contributed by atoms with Crippen molar-refractivity contribution in [2.45, 2.75) is 26.2 Å². The van der Waals surface area contributed by atoms with Crippen LogP contribution in [0.15, 0.2) is 116 Å². The van der Waals surface area contributed by atoms with Gasteiger partial charge in [0.15, 0.2) is 5.65 Å². The van der Waals surface area contributed by atoms with E-state index in [-0.39, 0.29) is 25.5 Å². The van der Waals surface area contributed by atoms with Gasteiger partial charge in [0.25, 0.3) is 0 Å². The van der Waals surface area contributed by atoms with Crippen molar-refractivity contribution >= 4 is 11.2 Å². The van der Waals surface area contributed by atoms with Gasteiger partial charge in [-0.1, -0.05) is 51.1 Å². The number of aromatic nitrogens is 4. The Morgan fingerprint density at radius 3 is 1.97 bits per heavy atom. The molecule has 4 nitrogen and oxygen atoms in total. The summed E-state index contributed by atoms with van der Waals surface area (Å²) in [5.74, 6) is 0.861. The van der Waals surface area contributed by atoms with E-state index in [4.69, 9.17) is 9.97 Å². The van der Waals surface area contributed by atoms with Gasteiger partial charge in [0, 0.05) is 38.2 Å². The number of nitrogens with zero attached hydrogens (tertiary/aromatic N) is 4. The minimum atomic E-state index is 0. The quantitative estimate of drug-likeness (QED) is 0.181. The van der Waals surface area contributed by atoms with Crippen molar-refractivity contribution in [3.05, 3.63) is 133 Å². The number of hydrogen-bond donors (Lipinski definition) is 0. The SMILES string of the molecule is CC(C)(C)c1cnc2c(c1)nc(-c1[c-]cccc1)n2-c1ccccc1.[Ir].[c-]1ccccc1-c1ccccn1. The summed E-state index contributed by atoms with van der Waals surface area (Å²) in [6.07, 6.45) is 3.75.